The second-order valence-corrected chi connectivity index (χ2v) is 5.23. The Morgan fingerprint density at radius 3 is 2.33 bits per heavy atom. The first kappa shape index (κ1) is 12.9. The molecule has 0 fully saturated rings. The fraction of sp³-hybridized carbons (Fsp3) is 0.438. The van der Waals surface area contributed by atoms with Gasteiger partial charge in [0.1, 0.15) is 5.60 Å². The van der Waals surface area contributed by atoms with E-state index in [1.54, 1.807) is 6.92 Å². The van der Waals surface area contributed by atoms with Crippen molar-refractivity contribution in [1.82, 2.24) is 0 Å². The molecule has 0 saturated heterocycles. The Kier molecular flexibility index (Phi) is 3.55. The molecule has 1 aromatic rings. The standard InChI is InChI=1S/C16H20O2/c1-4-9-16(18-15(17)12(2)3)10-13-7-5-6-8-14(13)11-16/h5-8H,2,4,9-11H2,1,3H3. The summed E-state index contributed by atoms with van der Waals surface area (Å²) < 4.78 is 5.74. The average molecular weight is 244 g/mol. The van der Waals surface area contributed by atoms with Crippen molar-refractivity contribution in [2.75, 3.05) is 0 Å². The van der Waals surface area contributed by atoms with Gasteiger partial charge in [0.25, 0.3) is 0 Å². The van der Waals surface area contributed by atoms with Crippen LogP contribution in [-0.4, -0.2) is 11.6 Å². The van der Waals surface area contributed by atoms with Crippen LogP contribution in [0.4, 0.5) is 0 Å². The summed E-state index contributed by atoms with van der Waals surface area (Å²) >= 11 is 0. The van der Waals surface area contributed by atoms with E-state index >= 15 is 0 Å². The van der Waals surface area contributed by atoms with Crippen molar-refractivity contribution in [2.24, 2.45) is 0 Å². The summed E-state index contributed by atoms with van der Waals surface area (Å²) in [5, 5.41) is 0. The fourth-order valence-corrected chi connectivity index (χ4v) is 2.70. The molecule has 0 radical (unpaired) electrons. The maximum atomic E-state index is 11.8. The largest absolute Gasteiger partial charge is 0.455 e. The molecular weight excluding hydrogens is 224 g/mol. The third-order valence-electron chi connectivity index (χ3n) is 3.51. The van der Waals surface area contributed by atoms with Gasteiger partial charge in [-0.1, -0.05) is 44.2 Å². The zero-order valence-electron chi connectivity index (χ0n) is 11.2. The minimum atomic E-state index is -0.353. The van der Waals surface area contributed by atoms with Gasteiger partial charge >= 0.3 is 5.97 Å². The Labute approximate surface area is 109 Å². The van der Waals surface area contributed by atoms with E-state index in [0.29, 0.717) is 5.57 Å². The fourth-order valence-electron chi connectivity index (χ4n) is 2.70. The van der Waals surface area contributed by atoms with E-state index in [1.807, 2.05) is 12.1 Å². The van der Waals surface area contributed by atoms with Gasteiger partial charge < -0.3 is 4.74 Å². The molecule has 0 amide bonds. The second-order valence-electron chi connectivity index (χ2n) is 5.23. The van der Waals surface area contributed by atoms with Gasteiger partial charge in [0, 0.05) is 18.4 Å². The van der Waals surface area contributed by atoms with E-state index in [0.717, 1.165) is 25.7 Å². The number of benzene rings is 1. The van der Waals surface area contributed by atoms with Gasteiger partial charge in [-0.3, -0.25) is 0 Å². The number of rotatable bonds is 4. The van der Waals surface area contributed by atoms with Crippen LogP contribution in [0.1, 0.15) is 37.8 Å². The van der Waals surface area contributed by atoms with Crippen molar-refractivity contribution in [1.29, 1.82) is 0 Å². The molecule has 0 atom stereocenters. The van der Waals surface area contributed by atoms with Crippen molar-refractivity contribution in [3.63, 3.8) is 0 Å². The number of carbonyl (C=O) groups excluding carboxylic acids is 1. The van der Waals surface area contributed by atoms with Crippen molar-refractivity contribution < 1.29 is 9.53 Å². The second kappa shape index (κ2) is 4.97. The van der Waals surface area contributed by atoms with E-state index < -0.39 is 0 Å². The Hall–Kier alpha value is -1.57. The number of hydrogen-bond donors (Lipinski definition) is 0. The molecule has 0 N–H and O–H groups in total. The van der Waals surface area contributed by atoms with Gasteiger partial charge in [-0.25, -0.2) is 4.79 Å². The molecule has 96 valence electrons. The Morgan fingerprint density at radius 2 is 1.89 bits per heavy atom. The van der Waals surface area contributed by atoms with E-state index in [2.05, 4.69) is 25.6 Å². The van der Waals surface area contributed by atoms with E-state index in [4.69, 9.17) is 4.74 Å². The predicted octanol–water partition coefficient (Wildman–Crippen LogP) is 3.44. The monoisotopic (exact) mass is 244 g/mol. The van der Waals surface area contributed by atoms with Crippen LogP contribution in [0.15, 0.2) is 36.4 Å². The molecule has 1 aliphatic rings. The van der Waals surface area contributed by atoms with Crippen molar-refractivity contribution >= 4 is 5.97 Å². The number of esters is 1. The third kappa shape index (κ3) is 2.47. The van der Waals surface area contributed by atoms with Crippen LogP contribution < -0.4 is 0 Å². The highest BCUT2D eigenvalue weighted by atomic mass is 16.6. The van der Waals surface area contributed by atoms with Crippen molar-refractivity contribution in [2.45, 2.75) is 45.1 Å². The van der Waals surface area contributed by atoms with Crippen LogP contribution in [0, 0.1) is 0 Å². The molecule has 0 spiro atoms. The van der Waals surface area contributed by atoms with Gasteiger partial charge in [-0.2, -0.15) is 0 Å². The van der Waals surface area contributed by atoms with E-state index in [9.17, 15) is 4.79 Å². The van der Waals surface area contributed by atoms with Crippen molar-refractivity contribution in [3.8, 4) is 0 Å². The van der Waals surface area contributed by atoms with Gasteiger partial charge in [-0.05, 0) is 24.5 Å². The number of fused-ring (bicyclic) bond motifs is 1. The summed E-state index contributed by atoms with van der Waals surface area (Å²) in [6.45, 7) is 7.49. The van der Waals surface area contributed by atoms with Gasteiger partial charge in [-0.15, -0.1) is 0 Å². The van der Waals surface area contributed by atoms with Crippen LogP contribution in [0.5, 0.6) is 0 Å². The average Bonchev–Trinajstić information content (AvgIpc) is 2.66. The molecule has 2 nitrogen and oxygen atoms in total. The molecule has 1 aromatic carbocycles. The topological polar surface area (TPSA) is 26.3 Å². The lowest BCUT2D eigenvalue weighted by Crippen LogP contribution is -2.36. The first-order chi connectivity index (χ1) is 8.56. The highest BCUT2D eigenvalue weighted by Gasteiger charge is 2.39. The molecule has 18 heavy (non-hydrogen) atoms. The lowest BCUT2D eigenvalue weighted by atomic mass is 9.94. The Morgan fingerprint density at radius 1 is 1.33 bits per heavy atom. The summed E-state index contributed by atoms with van der Waals surface area (Å²) in [6.07, 6.45) is 3.57. The molecule has 0 bridgehead atoms. The summed E-state index contributed by atoms with van der Waals surface area (Å²) in [6, 6.07) is 8.34. The molecule has 1 aliphatic carbocycles. The zero-order chi connectivity index (χ0) is 13.2. The predicted molar refractivity (Wildman–Crippen MR) is 72.4 cm³/mol. The molecule has 0 heterocycles. The quantitative estimate of drug-likeness (QED) is 0.599. The maximum absolute atomic E-state index is 11.8. The Bertz CT molecular complexity index is 449. The van der Waals surface area contributed by atoms with E-state index in [-0.39, 0.29) is 11.6 Å². The van der Waals surface area contributed by atoms with Gasteiger partial charge in [0.15, 0.2) is 0 Å². The minimum Gasteiger partial charge on any atom is -0.455 e. The smallest absolute Gasteiger partial charge is 0.333 e. The molecule has 2 rings (SSSR count). The van der Waals surface area contributed by atoms with Crippen LogP contribution in [0.3, 0.4) is 0 Å². The Balaban J connectivity index is 2.21. The van der Waals surface area contributed by atoms with Crippen LogP contribution >= 0.6 is 0 Å². The maximum Gasteiger partial charge on any atom is 0.333 e. The summed E-state index contributed by atoms with van der Waals surface area (Å²) in [5.74, 6) is -0.267. The molecule has 0 saturated carbocycles. The number of hydrogen-bond acceptors (Lipinski definition) is 2. The van der Waals surface area contributed by atoms with Crippen LogP contribution in [0.2, 0.25) is 0 Å². The molecule has 0 unspecified atom stereocenters. The van der Waals surface area contributed by atoms with Gasteiger partial charge in [0.05, 0.1) is 0 Å². The molecular formula is C16H20O2. The highest BCUT2D eigenvalue weighted by molar-refractivity contribution is 5.87. The molecule has 0 aromatic heterocycles. The lowest BCUT2D eigenvalue weighted by Gasteiger charge is -2.29. The first-order valence-electron chi connectivity index (χ1n) is 6.52. The van der Waals surface area contributed by atoms with Crippen LogP contribution in [-0.2, 0) is 22.4 Å². The molecule has 0 aliphatic heterocycles. The third-order valence-corrected chi connectivity index (χ3v) is 3.51. The summed E-state index contributed by atoms with van der Waals surface area (Å²) in [7, 11) is 0. The van der Waals surface area contributed by atoms with E-state index in [1.165, 1.54) is 11.1 Å². The zero-order valence-corrected chi connectivity index (χ0v) is 11.2. The first-order valence-corrected chi connectivity index (χ1v) is 6.52. The van der Waals surface area contributed by atoms with Crippen molar-refractivity contribution in [3.05, 3.63) is 47.5 Å². The minimum absolute atomic E-state index is 0.267. The normalized spacial score (nSPS) is 16.1. The number of carbonyl (C=O) groups is 1. The number of ether oxygens (including phenoxy) is 1. The summed E-state index contributed by atoms with van der Waals surface area (Å²) in [4.78, 5) is 11.8. The van der Waals surface area contributed by atoms with Crippen LogP contribution in [0.25, 0.3) is 0 Å². The highest BCUT2D eigenvalue weighted by Crippen LogP contribution is 2.36. The molecule has 2 heteroatoms. The summed E-state index contributed by atoms with van der Waals surface area (Å²) in [5.41, 5.74) is 2.73. The lowest BCUT2D eigenvalue weighted by molar-refractivity contribution is -0.154. The SMILES string of the molecule is C=C(C)C(=O)OC1(CCC)Cc2ccccc2C1. The van der Waals surface area contributed by atoms with Gasteiger partial charge in [0.2, 0.25) is 0 Å².